The van der Waals surface area contributed by atoms with Gasteiger partial charge in [-0.1, -0.05) is 386 Å². The van der Waals surface area contributed by atoms with E-state index in [0.29, 0.717) is 79.7 Å². The Bertz CT molecular complexity index is 3510. The fraction of sp³-hybridized carbons (Fsp3) is 0.791. The van der Waals surface area contributed by atoms with Crippen molar-refractivity contribution in [1.82, 2.24) is 0 Å². The Morgan fingerprint density at radius 1 is 0.260 bits per heavy atom. The minimum atomic E-state index is -2.14. The third kappa shape index (κ3) is 57.5. The molecule has 3 fully saturated rings. The van der Waals surface area contributed by atoms with Gasteiger partial charge in [-0.25, -0.2) is 0 Å². The van der Waals surface area contributed by atoms with Crippen LogP contribution in [0, 0.1) is 224 Å². The summed E-state index contributed by atoms with van der Waals surface area (Å²) in [6, 6.07) is 0. The first-order valence-corrected chi connectivity index (χ1v) is 54.9. The van der Waals surface area contributed by atoms with Crippen LogP contribution in [0.4, 0.5) is 0 Å². The summed E-state index contributed by atoms with van der Waals surface area (Å²) in [4.78, 5) is 0. The van der Waals surface area contributed by atoms with E-state index in [0.717, 1.165) is 70.6 Å². The first-order valence-electron chi connectivity index (χ1n) is 51.6. The van der Waals surface area contributed by atoms with Gasteiger partial charge in [-0.2, -0.15) is 0 Å². The maximum Gasteiger partial charge on any atom is 0.481 e. The number of unbranched alkanes of at least 4 members (excludes halogenated alkanes) is 40. The van der Waals surface area contributed by atoms with Crippen molar-refractivity contribution >= 4 is 25.8 Å². The fourth-order valence-electron chi connectivity index (χ4n) is 19.5. The maximum atomic E-state index is 7.53. The van der Waals surface area contributed by atoms with Crippen molar-refractivity contribution in [3.63, 3.8) is 0 Å². The molecular formula is C115H181O9P3. The molecule has 3 saturated carbocycles. The van der Waals surface area contributed by atoms with E-state index in [1.807, 2.05) is 0 Å². The van der Waals surface area contributed by atoms with Crippen molar-refractivity contribution in [2.24, 2.45) is 81.3 Å². The lowest BCUT2D eigenvalue weighted by Crippen LogP contribution is -2.49. The molecule has 14 atom stereocenters. The highest BCUT2D eigenvalue weighted by Crippen LogP contribution is 2.60. The average molecular weight is 1800 g/mol. The highest BCUT2D eigenvalue weighted by Gasteiger charge is 2.53. The SMILES string of the molecule is CC#CC#CC#CC#CC#CC#COP(OC#CC#CC#CC#CC#CC#CC)OC1CC(C)C(C(CC(C)C2CC(C(C)(C)C)C(OP(OCCCCCCCCCCCCC)OCCCCCCCCCCCCC)CC2C)C2CC(C(C)(C)C)C(OP(OCCCCCCCCCCCCC)OCCCCCCCCCCCCC)CC2C)CC1C(C)(C)C. The number of rotatable bonds is 65. The lowest BCUT2D eigenvalue weighted by molar-refractivity contribution is -0.0848. The fourth-order valence-corrected chi connectivity index (χ4v) is 22.7. The van der Waals surface area contributed by atoms with Crippen LogP contribution >= 0.6 is 25.8 Å². The minimum absolute atomic E-state index is 0.00137. The quantitative estimate of drug-likeness (QED) is 0.0336. The van der Waals surface area contributed by atoms with Crippen molar-refractivity contribution < 1.29 is 40.7 Å². The Morgan fingerprint density at radius 2 is 0.465 bits per heavy atom. The first kappa shape index (κ1) is 116. The molecule has 0 radical (unpaired) electrons. The molecule has 0 bridgehead atoms. The molecule has 3 rings (SSSR count). The number of hydrogen-bond donors (Lipinski definition) is 0. The van der Waals surface area contributed by atoms with Gasteiger partial charge in [-0.3, -0.25) is 4.52 Å². The van der Waals surface area contributed by atoms with Gasteiger partial charge >= 0.3 is 25.8 Å². The normalized spacial score (nSPS) is 20.6. The molecular weight excluding hydrogens is 1620 g/mol. The van der Waals surface area contributed by atoms with Crippen LogP contribution in [0.3, 0.4) is 0 Å². The van der Waals surface area contributed by atoms with E-state index < -0.39 is 25.8 Å². The molecule has 9 nitrogen and oxygen atoms in total. The van der Waals surface area contributed by atoms with E-state index in [9.17, 15) is 0 Å². The summed E-state index contributed by atoms with van der Waals surface area (Å²) in [6.07, 6.45) is 69.7. The second-order valence-corrected chi connectivity index (χ2v) is 44.0. The molecule has 12 heteroatoms. The molecule has 0 aromatic carbocycles. The molecule has 710 valence electrons. The first-order chi connectivity index (χ1) is 61.5. The van der Waals surface area contributed by atoms with E-state index in [1.165, 1.54) is 257 Å². The van der Waals surface area contributed by atoms with Crippen molar-refractivity contribution in [3.05, 3.63) is 0 Å². The third-order valence-electron chi connectivity index (χ3n) is 26.9. The van der Waals surface area contributed by atoms with Crippen LogP contribution in [0.15, 0.2) is 0 Å². The van der Waals surface area contributed by atoms with Gasteiger partial charge in [-0.15, -0.1) is 0 Å². The zero-order valence-electron chi connectivity index (χ0n) is 84.5. The smallest absolute Gasteiger partial charge is 0.362 e. The van der Waals surface area contributed by atoms with Crippen molar-refractivity contribution in [3.8, 4) is 142 Å². The van der Waals surface area contributed by atoms with E-state index >= 15 is 0 Å². The third-order valence-corrected chi connectivity index (χ3v) is 30.3. The van der Waals surface area contributed by atoms with Gasteiger partial charge in [0.1, 0.15) is 12.2 Å². The Kier molecular flexibility index (Phi) is 69.4. The topological polar surface area (TPSA) is 83.1 Å². The van der Waals surface area contributed by atoms with Gasteiger partial charge in [0, 0.05) is 59.2 Å². The Labute approximate surface area is 789 Å². The molecule has 0 aliphatic heterocycles. The monoisotopic (exact) mass is 1800 g/mol. The van der Waals surface area contributed by atoms with Crippen LogP contribution in [0.5, 0.6) is 0 Å². The molecule has 0 N–H and O–H groups in total. The van der Waals surface area contributed by atoms with Gasteiger partial charge in [0.15, 0.2) is 0 Å². The van der Waals surface area contributed by atoms with E-state index in [4.69, 9.17) is 40.7 Å². The molecule has 0 heterocycles. The standard InChI is InChI=1S/C115H181O9P3/c1-20-26-32-38-44-50-56-62-68-74-80-86-116-125(117-87-81-75-69-63-57-51-45-39-33-27-21-2)122-110-93-100(8)103(96-107(110)113(11,12)13)99(7)92-106(104-97-108(114(14,15)16)111(94-101(104)9)123-126(118-88-82-76-70-64-58-52-46-40-34-28-22-3)119-89-83-77-71-65-59-53-47-41-35-29-23-4)105-98-109(115(17,18)19)112(95-102(105)10)124-127(120-90-84-78-72-66-60-54-48-42-36-30-24-5)121-91-85-79-73-67-61-55-49-43-37-31-25-6/h99-112H,20-23,26-29,32-35,38-41,44-47,50-53,56-59,62-65,68-71,74-77,80-83,86-89,92-98H2,1-19H3. The summed E-state index contributed by atoms with van der Waals surface area (Å²) < 4.78 is 62.0. The lowest BCUT2D eigenvalue weighted by Gasteiger charge is -2.54. The van der Waals surface area contributed by atoms with E-state index in [-0.39, 0.29) is 46.4 Å². The summed E-state index contributed by atoms with van der Waals surface area (Å²) >= 11 is 0. The van der Waals surface area contributed by atoms with Gasteiger partial charge in [0.05, 0.1) is 44.7 Å². The van der Waals surface area contributed by atoms with E-state index in [1.54, 1.807) is 13.8 Å². The zero-order chi connectivity index (χ0) is 92.5. The summed E-state index contributed by atoms with van der Waals surface area (Å²) in [5.41, 5.74) is -0.202. The van der Waals surface area contributed by atoms with Crippen molar-refractivity contribution in [2.45, 2.75) is 477 Å². The van der Waals surface area contributed by atoms with E-state index in [2.05, 4.69) is 260 Å². The molecule has 3 aliphatic rings. The zero-order valence-corrected chi connectivity index (χ0v) is 87.2. The highest BCUT2D eigenvalue weighted by molar-refractivity contribution is 7.42. The maximum absolute atomic E-state index is 7.53. The largest absolute Gasteiger partial charge is 0.481 e. The summed E-state index contributed by atoms with van der Waals surface area (Å²) in [7, 11) is -5.20. The van der Waals surface area contributed by atoms with Crippen LogP contribution in [0.2, 0.25) is 0 Å². The van der Waals surface area contributed by atoms with Crippen LogP contribution in [-0.2, 0) is 40.7 Å². The van der Waals surface area contributed by atoms with Crippen LogP contribution in [0.25, 0.3) is 0 Å². The summed E-state index contributed by atoms with van der Waals surface area (Å²) in [6.45, 7) is 47.7. The molecule has 0 aromatic heterocycles. The van der Waals surface area contributed by atoms with Crippen LogP contribution < -0.4 is 0 Å². The summed E-state index contributed by atoms with van der Waals surface area (Å²) in [5, 5.41) is 0. The molecule has 127 heavy (non-hydrogen) atoms. The predicted molar refractivity (Wildman–Crippen MR) is 544 cm³/mol. The molecule has 0 spiro atoms. The van der Waals surface area contributed by atoms with Crippen LogP contribution in [0.1, 0.15) is 459 Å². The molecule has 0 aromatic rings. The predicted octanol–water partition coefficient (Wildman–Crippen LogP) is 32.9. The second-order valence-electron chi connectivity index (χ2n) is 40.6. The second kappa shape index (κ2) is 75.7. The molecule has 0 amide bonds. The highest BCUT2D eigenvalue weighted by atomic mass is 31.2. The Morgan fingerprint density at radius 3 is 0.701 bits per heavy atom. The van der Waals surface area contributed by atoms with Gasteiger partial charge in [0.2, 0.25) is 0 Å². The van der Waals surface area contributed by atoms with Crippen LogP contribution in [-0.4, -0.2) is 44.7 Å². The van der Waals surface area contributed by atoms with Crippen molar-refractivity contribution in [1.29, 1.82) is 0 Å². The molecule has 14 unspecified atom stereocenters. The minimum Gasteiger partial charge on any atom is -0.362 e. The lowest BCUT2D eigenvalue weighted by atomic mass is 9.53. The molecule has 3 aliphatic carbocycles. The van der Waals surface area contributed by atoms with Gasteiger partial charge in [-0.05, 0) is 225 Å². The molecule has 0 saturated heterocycles. The Hall–Kier alpha value is -4.67. The Balaban J connectivity index is 2.14. The van der Waals surface area contributed by atoms with Gasteiger partial charge in [0.25, 0.3) is 0 Å². The number of hydrogen-bond acceptors (Lipinski definition) is 9. The van der Waals surface area contributed by atoms with Crippen molar-refractivity contribution in [2.75, 3.05) is 26.4 Å². The summed E-state index contributed by atoms with van der Waals surface area (Å²) in [5.74, 6) is 63.6. The van der Waals surface area contributed by atoms with Gasteiger partial charge < -0.3 is 36.2 Å². The average Bonchev–Trinajstić information content (AvgIpc) is 0.758.